The molecule has 0 spiro atoms. The van der Waals surface area contributed by atoms with Gasteiger partial charge in [0.25, 0.3) is 0 Å². The summed E-state index contributed by atoms with van der Waals surface area (Å²) in [6.07, 6.45) is -3.46. The lowest BCUT2D eigenvalue weighted by Crippen LogP contribution is -2.28. The van der Waals surface area contributed by atoms with Crippen LogP contribution in [0.15, 0.2) is 18.2 Å². The number of carboxylic acids is 1. The van der Waals surface area contributed by atoms with E-state index in [9.17, 15) is 15.0 Å². The minimum Gasteiger partial charge on any atom is -0.479 e. The zero-order valence-corrected chi connectivity index (χ0v) is 9.08. The van der Waals surface area contributed by atoms with Gasteiger partial charge in [-0.05, 0) is 24.6 Å². The zero-order chi connectivity index (χ0) is 12.6. The van der Waals surface area contributed by atoms with Crippen molar-refractivity contribution < 1.29 is 20.1 Å². The molecule has 0 aliphatic carbocycles. The minimum atomic E-state index is -1.89. The summed E-state index contributed by atoms with van der Waals surface area (Å²) in [4.78, 5) is 17.3. The molecule has 6 heteroatoms. The Balaban J connectivity index is 2.39. The maximum atomic E-state index is 10.5. The molecule has 17 heavy (non-hydrogen) atoms. The standard InChI is InChI=1S/C11H12N2O4/c1-5-2-3-6-7(4-5)13-10(12-6)8(14)9(15)11(16)17/h2-4,8-9,14-15H,1H3,(H,12,13)(H,16,17)/t8-,9-/m1/s1. The molecule has 2 aromatic rings. The number of aliphatic carboxylic acids is 1. The lowest BCUT2D eigenvalue weighted by Gasteiger charge is -2.10. The van der Waals surface area contributed by atoms with Crippen molar-refractivity contribution in [1.82, 2.24) is 9.97 Å². The molecule has 0 saturated heterocycles. The number of aryl methyl sites for hydroxylation is 1. The zero-order valence-electron chi connectivity index (χ0n) is 9.08. The van der Waals surface area contributed by atoms with E-state index in [2.05, 4.69) is 9.97 Å². The Morgan fingerprint density at radius 2 is 2.12 bits per heavy atom. The summed E-state index contributed by atoms with van der Waals surface area (Å²) in [5.41, 5.74) is 2.32. The Morgan fingerprint density at radius 3 is 2.76 bits per heavy atom. The molecule has 1 aromatic carbocycles. The molecule has 90 valence electrons. The fraction of sp³-hybridized carbons (Fsp3) is 0.273. The molecule has 6 nitrogen and oxygen atoms in total. The highest BCUT2D eigenvalue weighted by molar-refractivity contribution is 5.77. The number of benzene rings is 1. The number of nitrogens with one attached hydrogen (secondary N) is 1. The molecule has 0 fully saturated rings. The topological polar surface area (TPSA) is 106 Å². The normalized spacial score (nSPS) is 14.8. The highest BCUT2D eigenvalue weighted by Crippen LogP contribution is 2.19. The Bertz CT molecular complexity index is 564. The van der Waals surface area contributed by atoms with E-state index < -0.39 is 18.2 Å². The molecule has 0 saturated carbocycles. The molecule has 4 N–H and O–H groups in total. The molecular weight excluding hydrogens is 224 g/mol. The van der Waals surface area contributed by atoms with E-state index in [4.69, 9.17) is 5.11 Å². The minimum absolute atomic E-state index is 0.0421. The Labute approximate surface area is 96.5 Å². The fourth-order valence-electron chi connectivity index (χ4n) is 1.57. The number of carbonyl (C=O) groups is 1. The van der Waals surface area contributed by atoms with E-state index in [1.165, 1.54) is 0 Å². The third kappa shape index (κ3) is 2.13. The van der Waals surface area contributed by atoms with E-state index in [1.54, 1.807) is 6.07 Å². The molecular formula is C11H12N2O4. The van der Waals surface area contributed by atoms with Crippen molar-refractivity contribution in [2.45, 2.75) is 19.1 Å². The number of nitrogens with zero attached hydrogens (tertiary/aromatic N) is 1. The summed E-state index contributed by atoms with van der Waals surface area (Å²) in [7, 11) is 0. The highest BCUT2D eigenvalue weighted by atomic mass is 16.4. The summed E-state index contributed by atoms with van der Waals surface area (Å²) in [5, 5.41) is 27.4. The van der Waals surface area contributed by atoms with Gasteiger partial charge in [0, 0.05) is 0 Å². The number of aromatic nitrogens is 2. The van der Waals surface area contributed by atoms with Crippen LogP contribution in [0.3, 0.4) is 0 Å². The van der Waals surface area contributed by atoms with Gasteiger partial charge in [-0.25, -0.2) is 9.78 Å². The van der Waals surface area contributed by atoms with Crippen LogP contribution in [0.5, 0.6) is 0 Å². The number of hydrogen-bond acceptors (Lipinski definition) is 4. The van der Waals surface area contributed by atoms with Crippen LogP contribution in [0.2, 0.25) is 0 Å². The van der Waals surface area contributed by atoms with Crippen LogP contribution >= 0.6 is 0 Å². The highest BCUT2D eigenvalue weighted by Gasteiger charge is 2.27. The van der Waals surface area contributed by atoms with Gasteiger partial charge in [0.2, 0.25) is 0 Å². The van der Waals surface area contributed by atoms with E-state index >= 15 is 0 Å². The molecule has 0 radical (unpaired) electrons. The molecule has 2 rings (SSSR count). The number of aliphatic hydroxyl groups excluding tert-OH is 2. The Hall–Kier alpha value is -1.92. The summed E-state index contributed by atoms with van der Waals surface area (Å²) < 4.78 is 0. The van der Waals surface area contributed by atoms with Crippen LogP contribution in [0, 0.1) is 6.92 Å². The number of carboxylic acid groups (broad SMARTS) is 1. The van der Waals surface area contributed by atoms with Crippen molar-refractivity contribution in [2.24, 2.45) is 0 Å². The molecule has 0 amide bonds. The summed E-state index contributed by atoms with van der Waals surface area (Å²) in [5.74, 6) is -1.45. The second kappa shape index (κ2) is 4.15. The van der Waals surface area contributed by atoms with Gasteiger partial charge in [-0.15, -0.1) is 0 Å². The largest absolute Gasteiger partial charge is 0.479 e. The number of rotatable bonds is 3. The van der Waals surface area contributed by atoms with Gasteiger partial charge in [0.05, 0.1) is 11.0 Å². The first-order chi connectivity index (χ1) is 7.99. The monoisotopic (exact) mass is 236 g/mol. The quantitative estimate of drug-likeness (QED) is 0.615. The smallest absolute Gasteiger partial charge is 0.335 e. The van der Waals surface area contributed by atoms with E-state index in [1.807, 2.05) is 19.1 Å². The first-order valence-corrected chi connectivity index (χ1v) is 5.04. The summed E-state index contributed by atoms with van der Waals surface area (Å²) >= 11 is 0. The van der Waals surface area contributed by atoms with Gasteiger partial charge in [-0.2, -0.15) is 0 Å². The molecule has 1 aromatic heterocycles. The third-order valence-electron chi connectivity index (χ3n) is 2.49. The first kappa shape index (κ1) is 11.6. The van der Waals surface area contributed by atoms with Crippen molar-refractivity contribution >= 4 is 17.0 Å². The van der Waals surface area contributed by atoms with Crippen LogP contribution < -0.4 is 0 Å². The second-order valence-corrected chi connectivity index (χ2v) is 3.87. The fourth-order valence-corrected chi connectivity index (χ4v) is 1.57. The summed E-state index contributed by atoms with van der Waals surface area (Å²) in [6.45, 7) is 1.91. The van der Waals surface area contributed by atoms with Crippen LogP contribution in [-0.4, -0.2) is 37.4 Å². The predicted octanol–water partition coefficient (Wildman–Crippen LogP) is 0.350. The third-order valence-corrected chi connectivity index (χ3v) is 2.49. The van der Waals surface area contributed by atoms with Crippen molar-refractivity contribution in [3.63, 3.8) is 0 Å². The second-order valence-electron chi connectivity index (χ2n) is 3.87. The maximum Gasteiger partial charge on any atom is 0.335 e. The SMILES string of the molecule is Cc1ccc2nc([C@H](O)[C@@H](O)C(=O)O)[nH]c2c1. The number of aliphatic hydroxyl groups is 2. The molecule has 1 heterocycles. The lowest BCUT2D eigenvalue weighted by molar-refractivity contribution is -0.153. The van der Waals surface area contributed by atoms with Crippen molar-refractivity contribution in [3.8, 4) is 0 Å². The molecule has 0 aliphatic heterocycles. The average Bonchev–Trinajstić information content (AvgIpc) is 2.69. The molecule has 0 unspecified atom stereocenters. The number of H-pyrrole nitrogens is 1. The van der Waals surface area contributed by atoms with E-state index in [0.717, 1.165) is 5.56 Å². The van der Waals surface area contributed by atoms with Crippen molar-refractivity contribution in [1.29, 1.82) is 0 Å². The van der Waals surface area contributed by atoms with Gasteiger partial charge in [0.15, 0.2) is 6.10 Å². The van der Waals surface area contributed by atoms with E-state index in [0.29, 0.717) is 11.0 Å². The molecule has 2 atom stereocenters. The van der Waals surface area contributed by atoms with Crippen molar-refractivity contribution in [3.05, 3.63) is 29.6 Å². The number of imidazole rings is 1. The average molecular weight is 236 g/mol. The Morgan fingerprint density at radius 1 is 1.41 bits per heavy atom. The first-order valence-electron chi connectivity index (χ1n) is 5.04. The van der Waals surface area contributed by atoms with Crippen LogP contribution in [0.4, 0.5) is 0 Å². The van der Waals surface area contributed by atoms with Crippen molar-refractivity contribution in [2.75, 3.05) is 0 Å². The van der Waals surface area contributed by atoms with Crippen LogP contribution in [0.1, 0.15) is 17.5 Å². The molecule has 0 bridgehead atoms. The lowest BCUT2D eigenvalue weighted by atomic mass is 10.2. The number of aromatic amines is 1. The van der Waals surface area contributed by atoms with Gasteiger partial charge in [0.1, 0.15) is 11.9 Å². The van der Waals surface area contributed by atoms with Gasteiger partial charge < -0.3 is 20.3 Å². The van der Waals surface area contributed by atoms with Crippen LogP contribution in [0.25, 0.3) is 11.0 Å². The van der Waals surface area contributed by atoms with Crippen LogP contribution in [-0.2, 0) is 4.79 Å². The Kier molecular flexibility index (Phi) is 2.83. The molecule has 0 aliphatic rings. The number of fused-ring (bicyclic) bond motifs is 1. The van der Waals surface area contributed by atoms with E-state index in [-0.39, 0.29) is 5.82 Å². The summed E-state index contributed by atoms with van der Waals surface area (Å²) in [6, 6.07) is 5.43. The van der Waals surface area contributed by atoms with Gasteiger partial charge in [-0.3, -0.25) is 0 Å². The number of hydrogen-bond donors (Lipinski definition) is 4. The maximum absolute atomic E-state index is 10.5. The predicted molar refractivity (Wildman–Crippen MR) is 59.4 cm³/mol. The van der Waals surface area contributed by atoms with Gasteiger partial charge >= 0.3 is 5.97 Å². The van der Waals surface area contributed by atoms with Gasteiger partial charge in [-0.1, -0.05) is 6.07 Å².